The highest BCUT2D eigenvalue weighted by molar-refractivity contribution is 5.94. The lowest BCUT2D eigenvalue weighted by Crippen LogP contribution is -2.41. The van der Waals surface area contributed by atoms with Crippen molar-refractivity contribution < 1.29 is 9.18 Å². The minimum atomic E-state index is -0.522. The van der Waals surface area contributed by atoms with Crippen molar-refractivity contribution in [3.63, 3.8) is 0 Å². The number of likely N-dealkylation sites (tertiary alicyclic amines) is 1. The fourth-order valence-corrected chi connectivity index (χ4v) is 3.34. The molecule has 0 atom stereocenters. The predicted molar refractivity (Wildman–Crippen MR) is 96.2 cm³/mol. The zero-order chi connectivity index (χ0) is 18.8. The van der Waals surface area contributed by atoms with Gasteiger partial charge in [-0.05, 0) is 47.5 Å². The van der Waals surface area contributed by atoms with E-state index in [4.69, 9.17) is 0 Å². The summed E-state index contributed by atoms with van der Waals surface area (Å²) in [5, 5.41) is 7.97. The number of nitrogens with zero attached hydrogens (tertiary/aromatic N) is 5. The van der Waals surface area contributed by atoms with Crippen LogP contribution in [-0.4, -0.2) is 43.7 Å². The highest BCUT2D eigenvalue weighted by Crippen LogP contribution is 2.22. The number of hydrogen-bond donors (Lipinski definition) is 0. The quantitative estimate of drug-likeness (QED) is 0.710. The second-order valence-corrected chi connectivity index (χ2v) is 6.46. The van der Waals surface area contributed by atoms with E-state index in [9.17, 15) is 14.0 Å². The molecule has 0 radical (unpaired) electrons. The van der Waals surface area contributed by atoms with Crippen LogP contribution in [0.2, 0.25) is 0 Å². The lowest BCUT2D eigenvalue weighted by atomic mass is 10.0. The molecule has 0 unspecified atom stereocenters. The fourth-order valence-electron chi connectivity index (χ4n) is 3.34. The van der Waals surface area contributed by atoms with E-state index >= 15 is 0 Å². The van der Waals surface area contributed by atoms with Crippen LogP contribution in [0.15, 0.2) is 59.4 Å². The van der Waals surface area contributed by atoms with Crippen LogP contribution in [0.4, 0.5) is 4.39 Å². The Morgan fingerprint density at radius 1 is 0.963 bits per heavy atom. The van der Waals surface area contributed by atoms with Crippen molar-refractivity contribution in [2.24, 2.45) is 0 Å². The van der Waals surface area contributed by atoms with E-state index in [0.29, 0.717) is 31.6 Å². The highest BCUT2D eigenvalue weighted by Gasteiger charge is 2.28. The number of aromatic nitrogens is 4. The molecule has 2 heterocycles. The molecule has 4 rings (SSSR count). The lowest BCUT2D eigenvalue weighted by Gasteiger charge is -2.31. The van der Waals surface area contributed by atoms with Gasteiger partial charge in [-0.2, -0.15) is 9.36 Å². The molecule has 27 heavy (non-hydrogen) atoms. The van der Waals surface area contributed by atoms with Gasteiger partial charge in [-0.3, -0.25) is 4.79 Å². The maximum atomic E-state index is 13.8. The molecular weight excluding hydrogens is 349 g/mol. The first-order valence-corrected chi connectivity index (χ1v) is 8.79. The second-order valence-electron chi connectivity index (χ2n) is 6.46. The fraction of sp³-hybridized carbons (Fsp3) is 0.263. The molecule has 1 saturated heterocycles. The maximum absolute atomic E-state index is 13.8. The summed E-state index contributed by atoms with van der Waals surface area (Å²) in [6.45, 7) is 0.866. The Bertz CT molecular complexity index is 1010. The third-order valence-corrected chi connectivity index (χ3v) is 4.81. The molecule has 0 aliphatic carbocycles. The Hall–Kier alpha value is -3.29. The first-order valence-electron chi connectivity index (χ1n) is 8.79. The number of hydrogen-bond acceptors (Lipinski definition) is 4. The molecule has 1 aromatic heterocycles. The summed E-state index contributed by atoms with van der Waals surface area (Å²) in [5.41, 5.74) is 0.420. The average Bonchev–Trinajstić information content (AvgIpc) is 3.10. The molecule has 1 aliphatic rings. The Kier molecular flexibility index (Phi) is 4.53. The van der Waals surface area contributed by atoms with Gasteiger partial charge in [0.05, 0.1) is 17.3 Å². The molecule has 138 valence electrons. The van der Waals surface area contributed by atoms with Gasteiger partial charge >= 0.3 is 5.69 Å². The van der Waals surface area contributed by atoms with Crippen LogP contribution in [0.25, 0.3) is 5.69 Å². The summed E-state index contributed by atoms with van der Waals surface area (Å²) in [5.74, 6) is -0.849. The van der Waals surface area contributed by atoms with Crippen molar-refractivity contribution >= 4 is 5.91 Å². The van der Waals surface area contributed by atoms with E-state index in [-0.39, 0.29) is 23.2 Å². The van der Waals surface area contributed by atoms with Crippen LogP contribution >= 0.6 is 0 Å². The lowest BCUT2D eigenvalue weighted by molar-refractivity contribution is 0.0683. The van der Waals surface area contributed by atoms with Crippen molar-refractivity contribution in [3.8, 4) is 5.69 Å². The average molecular weight is 367 g/mol. The first kappa shape index (κ1) is 17.1. The van der Waals surface area contributed by atoms with Crippen LogP contribution in [0.5, 0.6) is 0 Å². The summed E-state index contributed by atoms with van der Waals surface area (Å²) in [4.78, 5) is 26.7. The second kappa shape index (κ2) is 7.14. The molecular formula is C19H18FN5O2. The number of para-hydroxylation sites is 1. The van der Waals surface area contributed by atoms with Gasteiger partial charge in [-0.25, -0.2) is 9.18 Å². The van der Waals surface area contributed by atoms with Crippen molar-refractivity contribution in [1.82, 2.24) is 24.7 Å². The number of halogens is 1. The van der Waals surface area contributed by atoms with E-state index in [2.05, 4.69) is 10.4 Å². The largest absolute Gasteiger partial charge is 0.368 e. The molecule has 0 bridgehead atoms. The third-order valence-electron chi connectivity index (χ3n) is 4.81. The molecule has 7 nitrogen and oxygen atoms in total. The zero-order valence-corrected chi connectivity index (χ0v) is 14.5. The normalized spacial score (nSPS) is 15.1. The molecule has 3 aromatic rings. The van der Waals surface area contributed by atoms with Gasteiger partial charge in [0, 0.05) is 13.1 Å². The maximum Gasteiger partial charge on any atom is 0.368 e. The standard InChI is InChI=1S/C19H18FN5O2/c20-17-9-5-4-8-16(17)18(26)23-12-10-15(11-13-23)25-19(27)24(21-22-25)14-6-2-1-3-7-14/h1-9,15H,10-13H2. The Balaban J connectivity index is 1.47. The number of benzene rings is 2. The van der Waals surface area contributed by atoms with Gasteiger partial charge < -0.3 is 4.90 Å². The SMILES string of the molecule is O=C(c1ccccc1F)N1CCC(n2nnn(-c3ccccc3)c2=O)CC1. The Morgan fingerprint density at radius 3 is 2.33 bits per heavy atom. The van der Waals surface area contributed by atoms with Crippen LogP contribution in [0.3, 0.4) is 0 Å². The first-order chi connectivity index (χ1) is 13.1. The van der Waals surface area contributed by atoms with E-state index in [1.165, 1.54) is 21.5 Å². The van der Waals surface area contributed by atoms with Gasteiger partial charge in [0.2, 0.25) is 0 Å². The predicted octanol–water partition coefficient (Wildman–Crippen LogP) is 2.05. The molecule has 2 aromatic carbocycles. The molecule has 1 fully saturated rings. The molecule has 0 saturated carbocycles. The van der Waals surface area contributed by atoms with Gasteiger partial charge in [-0.1, -0.05) is 30.3 Å². The third kappa shape index (κ3) is 3.25. The van der Waals surface area contributed by atoms with E-state index < -0.39 is 5.82 Å². The minimum Gasteiger partial charge on any atom is -0.338 e. The monoisotopic (exact) mass is 367 g/mol. The summed E-state index contributed by atoms with van der Waals surface area (Å²) in [6, 6.07) is 14.9. The molecule has 1 aliphatic heterocycles. The smallest absolute Gasteiger partial charge is 0.338 e. The van der Waals surface area contributed by atoms with E-state index in [1.807, 2.05) is 18.2 Å². The van der Waals surface area contributed by atoms with Crippen molar-refractivity contribution in [2.75, 3.05) is 13.1 Å². The number of carbonyl (C=O) groups excluding carboxylic acids is 1. The molecule has 1 amide bonds. The summed E-state index contributed by atoms with van der Waals surface area (Å²) in [7, 11) is 0. The number of piperidine rings is 1. The van der Waals surface area contributed by atoms with Crippen LogP contribution in [-0.2, 0) is 0 Å². The Labute approximate surface area is 154 Å². The van der Waals surface area contributed by atoms with Gasteiger partial charge in [0.25, 0.3) is 5.91 Å². The van der Waals surface area contributed by atoms with Crippen molar-refractivity contribution in [2.45, 2.75) is 18.9 Å². The molecule has 8 heteroatoms. The number of tetrazole rings is 1. The van der Waals surface area contributed by atoms with Gasteiger partial charge in [-0.15, -0.1) is 0 Å². The van der Waals surface area contributed by atoms with Crippen LogP contribution < -0.4 is 5.69 Å². The van der Waals surface area contributed by atoms with Gasteiger partial charge in [0.15, 0.2) is 0 Å². The molecule has 0 spiro atoms. The summed E-state index contributed by atoms with van der Waals surface area (Å²) >= 11 is 0. The summed E-state index contributed by atoms with van der Waals surface area (Å²) in [6.07, 6.45) is 1.13. The summed E-state index contributed by atoms with van der Waals surface area (Å²) < 4.78 is 16.5. The Morgan fingerprint density at radius 2 is 1.63 bits per heavy atom. The van der Waals surface area contributed by atoms with Gasteiger partial charge in [0.1, 0.15) is 5.82 Å². The number of rotatable bonds is 3. The number of amides is 1. The van der Waals surface area contributed by atoms with Crippen LogP contribution in [0, 0.1) is 5.82 Å². The topological polar surface area (TPSA) is 73.0 Å². The van der Waals surface area contributed by atoms with Crippen molar-refractivity contribution in [3.05, 3.63) is 76.5 Å². The molecule has 0 N–H and O–H groups in total. The van der Waals surface area contributed by atoms with E-state index in [0.717, 1.165) is 0 Å². The zero-order valence-electron chi connectivity index (χ0n) is 14.5. The van der Waals surface area contributed by atoms with E-state index in [1.54, 1.807) is 29.2 Å². The minimum absolute atomic E-state index is 0.0724. The number of carbonyl (C=O) groups is 1. The van der Waals surface area contributed by atoms with Crippen molar-refractivity contribution in [1.29, 1.82) is 0 Å². The van der Waals surface area contributed by atoms with Crippen LogP contribution in [0.1, 0.15) is 29.2 Å². The highest BCUT2D eigenvalue weighted by atomic mass is 19.1.